The molecule has 0 saturated carbocycles. The van der Waals surface area contributed by atoms with Gasteiger partial charge in [-0.3, -0.25) is 4.90 Å². The molecule has 1 aromatic heterocycles. The highest BCUT2D eigenvalue weighted by Gasteiger charge is 2.26. The number of aromatic nitrogens is 1. The van der Waals surface area contributed by atoms with E-state index in [1.54, 1.807) is 0 Å². The molecule has 1 fully saturated rings. The Balaban J connectivity index is 2.07. The maximum Gasteiger partial charge on any atom is 0.130 e. The van der Waals surface area contributed by atoms with Crippen LogP contribution in [0.25, 0.3) is 0 Å². The largest absolute Gasteiger partial charge is 0.376 e. The number of hydrogen-bond acceptors (Lipinski definition) is 4. The fourth-order valence-electron chi connectivity index (χ4n) is 2.67. The van der Waals surface area contributed by atoms with Crippen molar-refractivity contribution in [2.24, 2.45) is 0 Å². The highest BCUT2D eigenvalue weighted by atomic mass is 16.5. The molecule has 20 heavy (non-hydrogen) atoms. The Kier molecular flexibility index (Phi) is 5.80. The van der Waals surface area contributed by atoms with Crippen LogP contribution in [-0.2, 0) is 11.3 Å². The molecule has 0 bridgehead atoms. The third kappa shape index (κ3) is 3.93. The second-order valence-corrected chi connectivity index (χ2v) is 5.57. The van der Waals surface area contributed by atoms with Crippen molar-refractivity contribution in [1.82, 2.24) is 9.88 Å². The zero-order valence-corrected chi connectivity index (χ0v) is 12.9. The molecular formula is C16H27N3O. The summed E-state index contributed by atoms with van der Waals surface area (Å²) in [5, 5.41) is 3.43. The lowest BCUT2D eigenvalue weighted by Gasteiger charge is -2.38. The summed E-state index contributed by atoms with van der Waals surface area (Å²) >= 11 is 0. The highest BCUT2D eigenvalue weighted by molar-refractivity contribution is 5.43. The summed E-state index contributed by atoms with van der Waals surface area (Å²) in [6, 6.07) is 4.72. The second kappa shape index (κ2) is 7.60. The van der Waals surface area contributed by atoms with Gasteiger partial charge in [0.1, 0.15) is 5.82 Å². The predicted octanol–water partition coefficient (Wildman–Crippen LogP) is 2.90. The molecule has 0 aliphatic carbocycles. The van der Waals surface area contributed by atoms with Crippen LogP contribution in [0.2, 0.25) is 0 Å². The van der Waals surface area contributed by atoms with Gasteiger partial charge in [0.15, 0.2) is 0 Å². The fraction of sp³-hybridized carbons (Fsp3) is 0.688. The normalized spacial score (nSPS) is 23.8. The summed E-state index contributed by atoms with van der Waals surface area (Å²) in [6.45, 7) is 10.3. The van der Waals surface area contributed by atoms with Crippen LogP contribution in [0.3, 0.4) is 0 Å². The zero-order valence-electron chi connectivity index (χ0n) is 12.9. The van der Waals surface area contributed by atoms with Gasteiger partial charge < -0.3 is 10.1 Å². The Morgan fingerprint density at radius 1 is 1.45 bits per heavy atom. The molecule has 2 rings (SSSR count). The van der Waals surface area contributed by atoms with Crippen LogP contribution in [0, 0.1) is 0 Å². The summed E-state index contributed by atoms with van der Waals surface area (Å²) in [4.78, 5) is 7.01. The lowest BCUT2D eigenvalue weighted by molar-refractivity contribution is -0.0591. The Labute approximate surface area is 122 Å². The van der Waals surface area contributed by atoms with E-state index >= 15 is 0 Å². The molecule has 1 N–H and O–H groups in total. The SMILES string of the molecule is CCCNc1ncccc1CN1CC(C)OCC1CC. The summed E-state index contributed by atoms with van der Waals surface area (Å²) in [5.41, 5.74) is 1.29. The van der Waals surface area contributed by atoms with E-state index in [1.165, 1.54) is 5.56 Å². The van der Waals surface area contributed by atoms with Crippen LogP contribution in [0.15, 0.2) is 18.3 Å². The molecule has 2 heterocycles. The fourth-order valence-corrected chi connectivity index (χ4v) is 2.67. The Bertz CT molecular complexity index is 410. The minimum Gasteiger partial charge on any atom is -0.376 e. The molecule has 1 aromatic rings. The number of morpholine rings is 1. The van der Waals surface area contributed by atoms with Crippen molar-refractivity contribution in [3.05, 3.63) is 23.9 Å². The molecule has 1 saturated heterocycles. The number of pyridine rings is 1. The van der Waals surface area contributed by atoms with E-state index in [2.05, 4.69) is 42.0 Å². The van der Waals surface area contributed by atoms with Crippen molar-refractivity contribution in [1.29, 1.82) is 0 Å². The van der Waals surface area contributed by atoms with Crippen molar-refractivity contribution in [2.75, 3.05) is 25.0 Å². The smallest absolute Gasteiger partial charge is 0.130 e. The summed E-state index contributed by atoms with van der Waals surface area (Å²) in [6.07, 6.45) is 4.43. The predicted molar refractivity (Wildman–Crippen MR) is 82.9 cm³/mol. The average molecular weight is 277 g/mol. The van der Waals surface area contributed by atoms with Gasteiger partial charge >= 0.3 is 0 Å². The molecule has 2 unspecified atom stereocenters. The van der Waals surface area contributed by atoms with Gasteiger partial charge in [0.25, 0.3) is 0 Å². The first-order chi connectivity index (χ1) is 9.74. The van der Waals surface area contributed by atoms with Crippen LogP contribution < -0.4 is 5.32 Å². The molecule has 2 atom stereocenters. The minimum absolute atomic E-state index is 0.321. The molecule has 1 aliphatic rings. The van der Waals surface area contributed by atoms with E-state index in [4.69, 9.17) is 4.74 Å². The van der Waals surface area contributed by atoms with Gasteiger partial charge in [0.2, 0.25) is 0 Å². The van der Waals surface area contributed by atoms with Crippen molar-refractivity contribution in [3.63, 3.8) is 0 Å². The van der Waals surface area contributed by atoms with Crippen LogP contribution in [0.5, 0.6) is 0 Å². The van der Waals surface area contributed by atoms with Gasteiger partial charge in [0, 0.05) is 37.4 Å². The van der Waals surface area contributed by atoms with Crippen molar-refractivity contribution in [3.8, 4) is 0 Å². The number of nitrogens with zero attached hydrogens (tertiary/aromatic N) is 2. The van der Waals surface area contributed by atoms with Gasteiger partial charge in [-0.2, -0.15) is 0 Å². The molecule has 112 valence electrons. The standard InChI is InChI=1S/C16H27N3O/c1-4-8-17-16-14(7-6-9-18-16)11-19-10-13(3)20-12-15(19)5-2/h6-7,9,13,15H,4-5,8,10-12H2,1-3H3,(H,17,18). The van der Waals surface area contributed by atoms with Crippen LogP contribution in [0.4, 0.5) is 5.82 Å². The Hall–Kier alpha value is -1.13. The van der Waals surface area contributed by atoms with Crippen LogP contribution >= 0.6 is 0 Å². The van der Waals surface area contributed by atoms with Gasteiger partial charge in [-0.15, -0.1) is 0 Å². The molecule has 0 spiro atoms. The van der Waals surface area contributed by atoms with Crippen molar-refractivity contribution in [2.45, 2.75) is 52.3 Å². The van der Waals surface area contributed by atoms with E-state index in [1.807, 2.05) is 12.3 Å². The molecule has 4 heteroatoms. The number of nitrogens with one attached hydrogen (secondary N) is 1. The van der Waals surface area contributed by atoms with E-state index in [9.17, 15) is 0 Å². The van der Waals surface area contributed by atoms with E-state index in [-0.39, 0.29) is 0 Å². The van der Waals surface area contributed by atoms with Gasteiger partial charge in [-0.25, -0.2) is 4.98 Å². The molecular weight excluding hydrogens is 250 g/mol. The summed E-state index contributed by atoms with van der Waals surface area (Å²) in [7, 11) is 0. The van der Waals surface area contributed by atoms with Crippen molar-refractivity contribution >= 4 is 5.82 Å². The number of ether oxygens (including phenoxy) is 1. The molecule has 0 aromatic carbocycles. The van der Waals surface area contributed by atoms with Gasteiger partial charge in [0.05, 0.1) is 12.7 Å². The first-order valence-electron chi connectivity index (χ1n) is 7.78. The minimum atomic E-state index is 0.321. The van der Waals surface area contributed by atoms with Crippen molar-refractivity contribution < 1.29 is 4.74 Å². The molecule has 0 radical (unpaired) electrons. The lowest BCUT2D eigenvalue weighted by atomic mass is 10.1. The second-order valence-electron chi connectivity index (χ2n) is 5.57. The number of anilines is 1. The Morgan fingerprint density at radius 3 is 3.05 bits per heavy atom. The maximum atomic E-state index is 5.77. The Morgan fingerprint density at radius 2 is 2.30 bits per heavy atom. The molecule has 1 aliphatic heterocycles. The van der Waals surface area contributed by atoms with E-state index in [0.717, 1.165) is 44.9 Å². The first-order valence-corrected chi connectivity index (χ1v) is 7.78. The molecule has 4 nitrogen and oxygen atoms in total. The summed E-state index contributed by atoms with van der Waals surface area (Å²) < 4.78 is 5.77. The third-order valence-corrected chi connectivity index (χ3v) is 3.86. The monoisotopic (exact) mass is 277 g/mol. The van der Waals surface area contributed by atoms with Gasteiger partial charge in [-0.1, -0.05) is 19.9 Å². The zero-order chi connectivity index (χ0) is 14.4. The highest BCUT2D eigenvalue weighted by Crippen LogP contribution is 2.20. The average Bonchev–Trinajstić information content (AvgIpc) is 2.47. The topological polar surface area (TPSA) is 37.4 Å². The number of hydrogen-bond donors (Lipinski definition) is 1. The summed E-state index contributed by atoms with van der Waals surface area (Å²) in [5.74, 6) is 1.03. The van der Waals surface area contributed by atoms with Gasteiger partial charge in [-0.05, 0) is 25.8 Å². The van der Waals surface area contributed by atoms with E-state index in [0.29, 0.717) is 12.1 Å². The first kappa shape index (κ1) is 15.3. The third-order valence-electron chi connectivity index (χ3n) is 3.86. The van der Waals surface area contributed by atoms with E-state index < -0.39 is 0 Å². The lowest BCUT2D eigenvalue weighted by Crippen LogP contribution is -2.47. The quantitative estimate of drug-likeness (QED) is 0.867. The van der Waals surface area contributed by atoms with Crippen LogP contribution in [-0.4, -0.2) is 41.7 Å². The molecule has 0 amide bonds. The number of rotatable bonds is 6. The maximum absolute atomic E-state index is 5.77. The van der Waals surface area contributed by atoms with Crippen LogP contribution in [0.1, 0.15) is 39.2 Å².